The second-order valence-corrected chi connectivity index (χ2v) is 8.51. The monoisotopic (exact) mass is 490 g/mol. The number of aryl methyl sites for hydroxylation is 2. The second-order valence-electron chi connectivity index (χ2n) is 7.71. The summed E-state index contributed by atoms with van der Waals surface area (Å²) in [5.41, 5.74) is 2.38. The zero-order valence-corrected chi connectivity index (χ0v) is 19.9. The molecule has 3 aromatic heterocycles. The molecule has 2 N–H and O–H groups in total. The maximum absolute atomic E-state index is 12.7. The Labute approximate surface area is 189 Å². The molecule has 0 aliphatic rings. The molecule has 0 atom stereocenters. The number of carbonyl (C=O) groups is 2. The van der Waals surface area contributed by atoms with Gasteiger partial charge in [-0.15, -0.1) is 0 Å². The zero-order valence-electron chi connectivity index (χ0n) is 18.3. The molecule has 31 heavy (non-hydrogen) atoms. The summed E-state index contributed by atoms with van der Waals surface area (Å²) in [7, 11) is 0. The summed E-state index contributed by atoms with van der Waals surface area (Å²) in [5.74, 6) is 0.274. The Balaban J connectivity index is 1.74. The van der Waals surface area contributed by atoms with Crippen LogP contribution in [0.1, 0.15) is 59.0 Å². The molecule has 0 spiro atoms. The smallest absolute Gasteiger partial charge is 0.291 e. The average molecular weight is 491 g/mol. The number of anilines is 1. The van der Waals surface area contributed by atoms with E-state index in [1.807, 2.05) is 39.3 Å². The Hall–Kier alpha value is -2.88. The van der Waals surface area contributed by atoms with E-state index in [4.69, 9.17) is 4.42 Å². The molecule has 0 saturated carbocycles. The molecule has 0 aromatic carbocycles. The van der Waals surface area contributed by atoms with Crippen molar-refractivity contribution in [3.05, 3.63) is 51.4 Å². The van der Waals surface area contributed by atoms with Crippen molar-refractivity contribution in [1.29, 1.82) is 0 Å². The minimum absolute atomic E-state index is 0.147. The predicted molar refractivity (Wildman–Crippen MR) is 120 cm³/mol. The number of furan rings is 1. The quantitative estimate of drug-likeness (QED) is 0.499. The fourth-order valence-electron chi connectivity index (χ4n) is 2.97. The lowest BCUT2D eigenvalue weighted by Gasteiger charge is -2.07. The van der Waals surface area contributed by atoms with Gasteiger partial charge in [-0.3, -0.25) is 19.0 Å². The first-order valence-corrected chi connectivity index (χ1v) is 10.9. The molecule has 166 valence electrons. The molecule has 3 rings (SSSR count). The summed E-state index contributed by atoms with van der Waals surface area (Å²) >= 11 is 3.51. The van der Waals surface area contributed by atoms with Crippen LogP contribution in [0, 0.1) is 19.8 Å². The molecule has 0 fully saturated rings. The summed E-state index contributed by atoms with van der Waals surface area (Å²) < 4.78 is 10.1. The van der Waals surface area contributed by atoms with Gasteiger partial charge in [0.25, 0.3) is 11.8 Å². The van der Waals surface area contributed by atoms with Gasteiger partial charge in [-0.05, 0) is 54.8 Å². The molecular weight excluding hydrogens is 464 g/mol. The van der Waals surface area contributed by atoms with Crippen molar-refractivity contribution in [3.63, 3.8) is 0 Å². The van der Waals surface area contributed by atoms with Gasteiger partial charge in [0.05, 0.1) is 28.1 Å². The molecule has 0 bridgehead atoms. The Kier molecular flexibility index (Phi) is 6.99. The fourth-order valence-corrected chi connectivity index (χ4v) is 3.25. The van der Waals surface area contributed by atoms with Crippen LogP contribution >= 0.6 is 15.9 Å². The van der Waals surface area contributed by atoms with Crippen LogP contribution < -0.4 is 10.6 Å². The molecule has 10 heteroatoms. The van der Waals surface area contributed by atoms with E-state index in [1.54, 1.807) is 23.0 Å². The van der Waals surface area contributed by atoms with Gasteiger partial charge >= 0.3 is 0 Å². The van der Waals surface area contributed by atoms with Crippen molar-refractivity contribution in [1.82, 2.24) is 24.9 Å². The molecule has 3 heterocycles. The Bertz CT molecular complexity index is 1090. The summed E-state index contributed by atoms with van der Waals surface area (Å²) in [6.45, 7) is 11.3. The molecule has 3 aromatic rings. The highest BCUT2D eigenvalue weighted by Gasteiger charge is 2.21. The van der Waals surface area contributed by atoms with Crippen LogP contribution in [0.3, 0.4) is 0 Å². The Morgan fingerprint density at radius 1 is 1.19 bits per heavy atom. The Morgan fingerprint density at radius 2 is 1.94 bits per heavy atom. The highest BCUT2D eigenvalue weighted by Crippen LogP contribution is 2.22. The maximum Gasteiger partial charge on any atom is 0.291 e. The van der Waals surface area contributed by atoms with E-state index < -0.39 is 5.91 Å². The predicted octanol–water partition coefficient (Wildman–Crippen LogP) is 3.76. The summed E-state index contributed by atoms with van der Waals surface area (Å²) in [6.07, 6.45) is 1.64. The third-order valence-corrected chi connectivity index (χ3v) is 5.85. The first-order valence-electron chi connectivity index (χ1n) is 10.1. The van der Waals surface area contributed by atoms with E-state index in [1.165, 1.54) is 0 Å². The van der Waals surface area contributed by atoms with Crippen LogP contribution in [0.25, 0.3) is 0 Å². The minimum Gasteiger partial charge on any atom is -0.454 e. The second kappa shape index (κ2) is 9.51. The third-order valence-electron chi connectivity index (χ3n) is 4.70. The van der Waals surface area contributed by atoms with Crippen molar-refractivity contribution in [2.24, 2.45) is 5.92 Å². The summed E-state index contributed by atoms with van der Waals surface area (Å²) in [6, 6.07) is 3.35. The number of hydrogen-bond donors (Lipinski definition) is 2. The first kappa shape index (κ1) is 22.8. The molecule has 0 unspecified atom stereocenters. The number of carbonyl (C=O) groups excluding carboxylic acids is 2. The van der Waals surface area contributed by atoms with E-state index in [0.717, 1.165) is 15.9 Å². The van der Waals surface area contributed by atoms with E-state index in [2.05, 4.69) is 36.8 Å². The number of rotatable bonds is 8. The molecule has 2 amide bonds. The zero-order chi connectivity index (χ0) is 22.7. The third kappa shape index (κ3) is 5.25. The number of nitrogens with one attached hydrogen (secondary N) is 2. The molecule has 0 saturated heterocycles. The van der Waals surface area contributed by atoms with Crippen molar-refractivity contribution in [2.45, 2.75) is 47.7 Å². The molecule has 9 nitrogen and oxygen atoms in total. The van der Waals surface area contributed by atoms with Crippen LogP contribution in [-0.4, -0.2) is 37.9 Å². The lowest BCUT2D eigenvalue weighted by atomic mass is 10.2. The standard InChI is InChI=1S/C21H27BrN6O3/c1-6-27-11-16(19(26-27)21(30)23-9-12(2)3)24-20(29)17-8-7-15(31-17)10-28-14(5)18(22)13(4)25-28/h7-8,11-12H,6,9-10H2,1-5H3,(H,23,30)(H,24,29). The maximum atomic E-state index is 12.7. The summed E-state index contributed by atoms with van der Waals surface area (Å²) in [5, 5.41) is 14.3. The van der Waals surface area contributed by atoms with Gasteiger partial charge in [0.15, 0.2) is 11.5 Å². The van der Waals surface area contributed by atoms with Crippen LogP contribution in [0.2, 0.25) is 0 Å². The molecule has 0 aliphatic heterocycles. The van der Waals surface area contributed by atoms with Crippen molar-refractivity contribution < 1.29 is 14.0 Å². The first-order chi connectivity index (χ1) is 14.7. The van der Waals surface area contributed by atoms with E-state index >= 15 is 0 Å². The lowest BCUT2D eigenvalue weighted by molar-refractivity contribution is 0.0944. The van der Waals surface area contributed by atoms with Crippen LogP contribution in [0.4, 0.5) is 5.69 Å². The van der Waals surface area contributed by atoms with Gasteiger partial charge in [0, 0.05) is 19.3 Å². The lowest BCUT2D eigenvalue weighted by Crippen LogP contribution is -2.28. The fraction of sp³-hybridized carbons (Fsp3) is 0.429. The van der Waals surface area contributed by atoms with Gasteiger partial charge in [-0.1, -0.05) is 13.8 Å². The van der Waals surface area contributed by atoms with Gasteiger partial charge in [-0.25, -0.2) is 0 Å². The van der Waals surface area contributed by atoms with Gasteiger partial charge < -0.3 is 15.1 Å². The van der Waals surface area contributed by atoms with Crippen molar-refractivity contribution in [2.75, 3.05) is 11.9 Å². The summed E-state index contributed by atoms with van der Waals surface area (Å²) in [4.78, 5) is 25.3. The van der Waals surface area contributed by atoms with Gasteiger partial charge in [-0.2, -0.15) is 10.2 Å². The van der Waals surface area contributed by atoms with Crippen LogP contribution in [0.15, 0.2) is 27.2 Å². The number of nitrogens with zero attached hydrogens (tertiary/aromatic N) is 4. The number of amides is 2. The number of halogens is 1. The SMILES string of the molecule is CCn1cc(NC(=O)c2ccc(Cn3nc(C)c(Br)c3C)o2)c(C(=O)NCC(C)C)n1. The topological polar surface area (TPSA) is 107 Å². The van der Waals surface area contributed by atoms with Gasteiger partial charge in [0.2, 0.25) is 0 Å². The van der Waals surface area contributed by atoms with E-state index in [9.17, 15) is 9.59 Å². The van der Waals surface area contributed by atoms with Gasteiger partial charge in [0.1, 0.15) is 5.76 Å². The minimum atomic E-state index is -0.450. The molecule has 0 aliphatic carbocycles. The highest BCUT2D eigenvalue weighted by atomic mass is 79.9. The number of aromatic nitrogens is 4. The average Bonchev–Trinajstić information content (AvgIpc) is 3.42. The van der Waals surface area contributed by atoms with Crippen molar-refractivity contribution >= 4 is 33.4 Å². The molecule has 0 radical (unpaired) electrons. The largest absolute Gasteiger partial charge is 0.454 e. The number of hydrogen-bond acceptors (Lipinski definition) is 5. The van der Waals surface area contributed by atoms with E-state index in [-0.39, 0.29) is 17.4 Å². The Morgan fingerprint density at radius 3 is 2.55 bits per heavy atom. The van der Waals surface area contributed by atoms with E-state index in [0.29, 0.717) is 37.0 Å². The molecular formula is C21H27BrN6O3. The van der Waals surface area contributed by atoms with Crippen molar-refractivity contribution in [3.8, 4) is 0 Å². The van der Waals surface area contributed by atoms with Crippen LogP contribution in [0.5, 0.6) is 0 Å². The van der Waals surface area contributed by atoms with Crippen LogP contribution in [-0.2, 0) is 13.1 Å². The normalized spacial score (nSPS) is 11.2. The highest BCUT2D eigenvalue weighted by molar-refractivity contribution is 9.10.